The highest BCUT2D eigenvalue weighted by molar-refractivity contribution is 5.94. The topological polar surface area (TPSA) is 111 Å². The summed E-state index contributed by atoms with van der Waals surface area (Å²) in [5.41, 5.74) is 3.14. The van der Waals surface area contributed by atoms with Crippen LogP contribution in [0.15, 0.2) is 97.5 Å². The van der Waals surface area contributed by atoms with Crippen LogP contribution in [0.2, 0.25) is 0 Å². The maximum absolute atomic E-state index is 12.4. The van der Waals surface area contributed by atoms with E-state index in [2.05, 4.69) is 15.3 Å². The number of rotatable bonds is 11. The minimum atomic E-state index is -1.05. The molecular formula is C28H25N3O5. The van der Waals surface area contributed by atoms with Gasteiger partial charge in [0, 0.05) is 29.9 Å². The molecule has 182 valence electrons. The quantitative estimate of drug-likeness (QED) is 0.310. The molecule has 1 atom stereocenters. The third kappa shape index (κ3) is 6.89. The molecule has 2 heterocycles. The predicted octanol–water partition coefficient (Wildman–Crippen LogP) is 4.03. The molecule has 0 aliphatic carbocycles. The first-order chi connectivity index (χ1) is 17.6. The van der Waals surface area contributed by atoms with E-state index in [1.165, 1.54) is 6.20 Å². The van der Waals surface area contributed by atoms with Crippen molar-refractivity contribution in [3.05, 3.63) is 109 Å². The molecule has 0 saturated heterocycles. The van der Waals surface area contributed by atoms with Crippen LogP contribution in [0.25, 0.3) is 11.3 Å². The van der Waals surface area contributed by atoms with E-state index in [9.17, 15) is 14.7 Å². The number of benzene rings is 2. The Hall–Kier alpha value is -4.72. The lowest BCUT2D eigenvalue weighted by Gasteiger charge is -2.15. The van der Waals surface area contributed by atoms with Crippen LogP contribution in [-0.4, -0.2) is 46.2 Å². The summed E-state index contributed by atoms with van der Waals surface area (Å²) in [6.45, 7) is 0.627. The van der Waals surface area contributed by atoms with Crippen LogP contribution in [0, 0.1) is 0 Å². The Morgan fingerprint density at radius 2 is 1.69 bits per heavy atom. The molecule has 2 N–H and O–H groups in total. The number of aromatic nitrogens is 2. The number of pyridine rings is 2. The van der Waals surface area contributed by atoms with Crippen molar-refractivity contribution < 1.29 is 24.2 Å². The zero-order chi connectivity index (χ0) is 25.2. The summed E-state index contributed by atoms with van der Waals surface area (Å²) in [4.78, 5) is 32.2. The third-order valence-corrected chi connectivity index (χ3v) is 5.30. The fourth-order valence-corrected chi connectivity index (χ4v) is 3.46. The third-order valence-electron chi connectivity index (χ3n) is 5.30. The molecule has 4 rings (SSSR count). The maximum atomic E-state index is 12.4. The van der Waals surface area contributed by atoms with Gasteiger partial charge in [-0.15, -0.1) is 0 Å². The summed E-state index contributed by atoms with van der Waals surface area (Å²) in [7, 11) is 0. The predicted molar refractivity (Wildman–Crippen MR) is 134 cm³/mol. The largest absolute Gasteiger partial charge is 0.492 e. The van der Waals surface area contributed by atoms with Gasteiger partial charge in [0.05, 0.1) is 18.4 Å². The number of carbonyl (C=O) groups excluding carboxylic acids is 1. The summed E-state index contributed by atoms with van der Waals surface area (Å²) < 4.78 is 11.2. The standard InChI is InChI=1S/C28H25N3O5/c32-27(22-10-8-21(9-11-22)25-5-1-2-15-30-25)31-16-17-35-23-12-6-20(7-13-23)18-26(28(33)34)36-24-4-3-14-29-19-24/h1-15,19,26H,16-18H2,(H,31,32)(H,33,34). The van der Waals surface area contributed by atoms with Gasteiger partial charge in [-0.2, -0.15) is 0 Å². The van der Waals surface area contributed by atoms with Crippen molar-refractivity contribution in [2.24, 2.45) is 0 Å². The molecule has 8 heteroatoms. The number of hydrogen-bond acceptors (Lipinski definition) is 6. The van der Waals surface area contributed by atoms with Crippen molar-refractivity contribution in [1.82, 2.24) is 15.3 Å². The molecule has 0 spiro atoms. The van der Waals surface area contributed by atoms with E-state index in [4.69, 9.17) is 9.47 Å². The molecule has 2 aromatic heterocycles. The zero-order valence-electron chi connectivity index (χ0n) is 19.4. The van der Waals surface area contributed by atoms with Crippen molar-refractivity contribution in [3.63, 3.8) is 0 Å². The fourth-order valence-electron chi connectivity index (χ4n) is 3.46. The first-order valence-electron chi connectivity index (χ1n) is 11.4. The number of aliphatic carboxylic acids is 1. The van der Waals surface area contributed by atoms with Crippen LogP contribution >= 0.6 is 0 Å². The second-order valence-corrected chi connectivity index (χ2v) is 7.88. The molecular weight excluding hydrogens is 458 g/mol. The number of carbonyl (C=O) groups is 2. The van der Waals surface area contributed by atoms with Crippen LogP contribution in [0.3, 0.4) is 0 Å². The smallest absolute Gasteiger partial charge is 0.345 e. The van der Waals surface area contributed by atoms with Gasteiger partial charge in [0.15, 0.2) is 6.10 Å². The van der Waals surface area contributed by atoms with E-state index >= 15 is 0 Å². The van der Waals surface area contributed by atoms with Crippen LogP contribution in [0.5, 0.6) is 11.5 Å². The van der Waals surface area contributed by atoms with Crippen molar-refractivity contribution in [2.75, 3.05) is 13.2 Å². The zero-order valence-corrected chi connectivity index (χ0v) is 19.4. The normalized spacial score (nSPS) is 11.3. The average Bonchev–Trinajstić information content (AvgIpc) is 2.92. The first kappa shape index (κ1) is 24.4. The Balaban J connectivity index is 1.22. The van der Waals surface area contributed by atoms with E-state index in [1.54, 1.807) is 60.9 Å². The summed E-state index contributed by atoms with van der Waals surface area (Å²) in [6, 6.07) is 23.4. The van der Waals surface area contributed by atoms with Crippen molar-refractivity contribution in [3.8, 4) is 22.8 Å². The van der Waals surface area contributed by atoms with Crippen molar-refractivity contribution >= 4 is 11.9 Å². The Labute approximate surface area is 208 Å². The van der Waals surface area contributed by atoms with Gasteiger partial charge in [0.1, 0.15) is 18.1 Å². The fraction of sp³-hybridized carbons (Fsp3) is 0.143. The second kappa shape index (κ2) is 12.1. The Morgan fingerprint density at radius 1 is 0.889 bits per heavy atom. The monoisotopic (exact) mass is 483 g/mol. The van der Waals surface area contributed by atoms with E-state index in [0.29, 0.717) is 30.2 Å². The number of nitrogens with one attached hydrogen (secondary N) is 1. The van der Waals surface area contributed by atoms with Gasteiger partial charge in [-0.05, 0) is 54.1 Å². The molecule has 0 bridgehead atoms. The van der Waals surface area contributed by atoms with E-state index in [1.807, 2.05) is 30.3 Å². The second-order valence-electron chi connectivity index (χ2n) is 7.88. The van der Waals surface area contributed by atoms with Gasteiger partial charge >= 0.3 is 5.97 Å². The molecule has 2 aromatic carbocycles. The highest BCUT2D eigenvalue weighted by Gasteiger charge is 2.20. The van der Waals surface area contributed by atoms with E-state index in [-0.39, 0.29) is 12.3 Å². The molecule has 0 saturated carbocycles. The minimum Gasteiger partial charge on any atom is -0.492 e. The van der Waals surface area contributed by atoms with Gasteiger partial charge in [-0.3, -0.25) is 14.8 Å². The summed E-state index contributed by atoms with van der Waals surface area (Å²) in [6.07, 6.45) is 3.96. The molecule has 0 fully saturated rings. The van der Waals surface area contributed by atoms with Gasteiger partial charge in [-0.1, -0.05) is 30.3 Å². The average molecular weight is 484 g/mol. The summed E-state index contributed by atoms with van der Waals surface area (Å²) in [5.74, 6) is -0.222. The van der Waals surface area contributed by atoms with Gasteiger partial charge in [-0.25, -0.2) is 4.79 Å². The number of amides is 1. The number of carboxylic acids is 1. The number of nitrogens with zero attached hydrogens (tertiary/aromatic N) is 2. The Kier molecular flexibility index (Phi) is 8.22. The number of ether oxygens (including phenoxy) is 2. The first-order valence-corrected chi connectivity index (χ1v) is 11.4. The minimum absolute atomic E-state index is 0.185. The molecule has 36 heavy (non-hydrogen) atoms. The molecule has 0 radical (unpaired) electrons. The Bertz CT molecular complexity index is 1260. The highest BCUT2D eigenvalue weighted by Crippen LogP contribution is 2.18. The van der Waals surface area contributed by atoms with Gasteiger partial charge in [0.25, 0.3) is 5.91 Å². The molecule has 0 aliphatic rings. The van der Waals surface area contributed by atoms with Crippen LogP contribution < -0.4 is 14.8 Å². The maximum Gasteiger partial charge on any atom is 0.345 e. The van der Waals surface area contributed by atoms with Gasteiger partial charge in [0.2, 0.25) is 0 Å². The summed E-state index contributed by atoms with van der Waals surface area (Å²) in [5, 5.41) is 12.3. The van der Waals surface area contributed by atoms with Crippen molar-refractivity contribution in [1.29, 1.82) is 0 Å². The number of hydrogen-bond donors (Lipinski definition) is 2. The molecule has 1 unspecified atom stereocenters. The SMILES string of the molecule is O=C(NCCOc1ccc(CC(Oc2cccnc2)C(=O)O)cc1)c1ccc(-c2ccccn2)cc1. The van der Waals surface area contributed by atoms with E-state index in [0.717, 1.165) is 16.8 Å². The van der Waals surface area contributed by atoms with Crippen LogP contribution in [-0.2, 0) is 11.2 Å². The lowest BCUT2D eigenvalue weighted by Crippen LogP contribution is -2.29. The molecule has 1 amide bonds. The molecule has 4 aromatic rings. The summed E-state index contributed by atoms with van der Waals surface area (Å²) >= 11 is 0. The van der Waals surface area contributed by atoms with Gasteiger partial charge < -0.3 is 19.9 Å². The Morgan fingerprint density at radius 3 is 2.36 bits per heavy atom. The molecule has 8 nitrogen and oxygen atoms in total. The highest BCUT2D eigenvalue weighted by atomic mass is 16.5. The van der Waals surface area contributed by atoms with Crippen molar-refractivity contribution in [2.45, 2.75) is 12.5 Å². The van der Waals surface area contributed by atoms with E-state index < -0.39 is 12.1 Å². The lowest BCUT2D eigenvalue weighted by atomic mass is 10.1. The lowest BCUT2D eigenvalue weighted by molar-refractivity contribution is -0.145. The molecule has 0 aliphatic heterocycles. The van der Waals surface area contributed by atoms with Crippen LogP contribution in [0.1, 0.15) is 15.9 Å². The van der Waals surface area contributed by atoms with Crippen LogP contribution in [0.4, 0.5) is 0 Å². The number of carboxylic acid groups (broad SMARTS) is 1.